The quantitative estimate of drug-likeness (QED) is 0.140. The molecule has 13 aromatic carbocycles. The molecular weight excluding hydrogens is 989 g/mol. The average molecular weight is 1050 g/mol. The standard InChI is InChI=1S/C80H64N2/c1-78(2,3)55-35-37-59(38-36-55)82(58-27-15-10-16-28-58)61-40-46-67-71(50-61)75(54-34-42-65-69-44-32-52-22-18-20-30-63(52)77(69)80(6,7)73(65)48-54)66-45-39-60(81(56-23-11-8-12-24-56)57-25-13-9-14-26-57)49-70(66)74(67)53-33-41-64-68-43-31-51-21-17-19-29-62(51)76(68)79(4,5)72(64)47-53/h8-50H,1-7H3. The summed E-state index contributed by atoms with van der Waals surface area (Å²) in [6, 6.07) is 98.2. The number of hydrogen-bond acceptors (Lipinski definition) is 2. The maximum atomic E-state index is 2.54. The lowest BCUT2D eigenvalue weighted by Crippen LogP contribution is -2.15. The first-order valence-electron chi connectivity index (χ1n) is 29.1. The Hall–Kier alpha value is -9.50. The highest BCUT2D eigenvalue weighted by Gasteiger charge is 2.39. The Kier molecular flexibility index (Phi) is 11.2. The Morgan fingerprint density at radius 2 is 0.634 bits per heavy atom. The van der Waals surface area contributed by atoms with E-state index < -0.39 is 0 Å². The van der Waals surface area contributed by atoms with Gasteiger partial charge in [-0.2, -0.15) is 0 Å². The van der Waals surface area contributed by atoms with Gasteiger partial charge in [-0.15, -0.1) is 0 Å². The normalized spacial score (nSPS) is 13.7. The van der Waals surface area contributed by atoms with E-state index in [9.17, 15) is 0 Å². The van der Waals surface area contributed by atoms with Crippen molar-refractivity contribution in [1.82, 2.24) is 0 Å². The molecule has 2 heteroatoms. The molecule has 0 unspecified atom stereocenters. The van der Waals surface area contributed by atoms with Crippen molar-refractivity contribution in [2.45, 2.75) is 64.7 Å². The van der Waals surface area contributed by atoms with E-state index in [2.05, 4.69) is 319 Å². The minimum absolute atomic E-state index is 0.0206. The Labute approximate surface area is 482 Å². The van der Waals surface area contributed by atoms with Gasteiger partial charge < -0.3 is 9.80 Å². The van der Waals surface area contributed by atoms with Crippen molar-refractivity contribution < 1.29 is 0 Å². The third kappa shape index (κ3) is 7.69. The number of anilines is 6. The molecule has 2 aliphatic carbocycles. The van der Waals surface area contributed by atoms with Crippen molar-refractivity contribution in [3.8, 4) is 44.5 Å². The van der Waals surface area contributed by atoms with Gasteiger partial charge in [0.1, 0.15) is 0 Å². The van der Waals surface area contributed by atoms with Crippen molar-refractivity contribution >= 4 is 77.2 Å². The molecule has 0 N–H and O–H groups in total. The maximum absolute atomic E-state index is 2.54. The second kappa shape index (κ2) is 18.5. The topological polar surface area (TPSA) is 6.48 Å². The van der Waals surface area contributed by atoms with Crippen LogP contribution in [0.3, 0.4) is 0 Å². The fraction of sp³-hybridized carbons (Fsp3) is 0.125. The highest BCUT2D eigenvalue weighted by atomic mass is 15.1. The molecule has 15 rings (SSSR count). The molecule has 0 heterocycles. The van der Waals surface area contributed by atoms with Crippen LogP contribution in [-0.2, 0) is 16.2 Å². The molecule has 0 saturated carbocycles. The van der Waals surface area contributed by atoms with Crippen LogP contribution in [0.5, 0.6) is 0 Å². The lowest BCUT2D eigenvalue weighted by Gasteiger charge is -2.29. The van der Waals surface area contributed by atoms with E-state index in [1.807, 2.05) is 0 Å². The molecular formula is C80H64N2. The van der Waals surface area contributed by atoms with Crippen LogP contribution in [0, 0.1) is 0 Å². The average Bonchev–Trinajstić information content (AvgIpc) is 3.27. The summed E-state index contributed by atoms with van der Waals surface area (Å²) in [6.45, 7) is 16.6. The van der Waals surface area contributed by atoms with Crippen molar-refractivity contribution in [3.05, 3.63) is 289 Å². The molecule has 2 nitrogen and oxygen atoms in total. The van der Waals surface area contributed by atoms with Crippen LogP contribution in [0.2, 0.25) is 0 Å². The van der Waals surface area contributed by atoms with Gasteiger partial charge in [0.25, 0.3) is 0 Å². The Morgan fingerprint density at radius 3 is 1.04 bits per heavy atom. The molecule has 82 heavy (non-hydrogen) atoms. The van der Waals surface area contributed by atoms with Gasteiger partial charge in [0.2, 0.25) is 0 Å². The molecule has 0 spiro atoms. The van der Waals surface area contributed by atoms with Gasteiger partial charge in [-0.05, 0) is 206 Å². The number of para-hydroxylation sites is 3. The second-order valence-electron chi connectivity index (χ2n) is 24.9. The predicted molar refractivity (Wildman–Crippen MR) is 351 cm³/mol. The Bertz CT molecular complexity index is 4660. The van der Waals surface area contributed by atoms with E-state index >= 15 is 0 Å². The summed E-state index contributed by atoms with van der Waals surface area (Å²) < 4.78 is 0. The summed E-state index contributed by atoms with van der Waals surface area (Å²) in [5.41, 5.74) is 23.1. The second-order valence-corrected chi connectivity index (χ2v) is 24.9. The van der Waals surface area contributed by atoms with Crippen molar-refractivity contribution in [2.24, 2.45) is 0 Å². The molecule has 394 valence electrons. The van der Waals surface area contributed by atoms with Crippen LogP contribution in [0.25, 0.3) is 87.6 Å². The highest BCUT2D eigenvalue weighted by Crippen LogP contribution is 2.57. The first kappa shape index (κ1) is 49.5. The zero-order valence-electron chi connectivity index (χ0n) is 47.7. The van der Waals surface area contributed by atoms with Crippen molar-refractivity contribution in [3.63, 3.8) is 0 Å². The molecule has 13 aromatic rings. The van der Waals surface area contributed by atoms with Gasteiger partial charge in [-0.25, -0.2) is 0 Å². The fourth-order valence-corrected chi connectivity index (χ4v) is 14.4. The largest absolute Gasteiger partial charge is 0.310 e. The molecule has 0 atom stereocenters. The molecule has 0 aliphatic heterocycles. The van der Waals surface area contributed by atoms with Gasteiger partial charge >= 0.3 is 0 Å². The van der Waals surface area contributed by atoms with Crippen LogP contribution in [-0.4, -0.2) is 0 Å². The van der Waals surface area contributed by atoms with Crippen LogP contribution < -0.4 is 9.80 Å². The van der Waals surface area contributed by atoms with Crippen molar-refractivity contribution in [1.29, 1.82) is 0 Å². The highest BCUT2D eigenvalue weighted by molar-refractivity contribution is 6.23. The first-order valence-corrected chi connectivity index (χ1v) is 29.1. The number of rotatable bonds is 8. The molecule has 0 bridgehead atoms. The Morgan fingerprint density at radius 1 is 0.280 bits per heavy atom. The number of fused-ring (bicyclic) bond motifs is 12. The number of nitrogens with zero attached hydrogens (tertiary/aromatic N) is 2. The zero-order valence-corrected chi connectivity index (χ0v) is 47.7. The van der Waals surface area contributed by atoms with Gasteiger partial charge in [-0.1, -0.05) is 224 Å². The SMILES string of the molecule is CC(C)(C)c1ccc(N(c2ccccc2)c2ccc3c(-c4ccc5c(c4)C(C)(C)c4c-5ccc5ccccc45)c4cc(N(c5ccccc5)c5ccccc5)ccc4c(-c4ccc5c(c4)C(C)(C)c4c-5ccc5ccccc45)c3c2)cc1. The lowest BCUT2D eigenvalue weighted by molar-refractivity contribution is 0.590. The van der Waals surface area contributed by atoms with Crippen LogP contribution in [0.1, 0.15) is 76.3 Å². The summed E-state index contributed by atoms with van der Waals surface area (Å²) in [4.78, 5) is 4.85. The molecule has 0 fully saturated rings. The van der Waals surface area contributed by atoms with E-state index in [0.717, 1.165) is 34.1 Å². The fourth-order valence-electron chi connectivity index (χ4n) is 14.4. The summed E-state index contributed by atoms with van der Waals surface area (Å²) >= 11 is 0. The van der Waals surface area contributed by atoms with Crippen LogP contribution >= 0.6 is 0 Å². The Balaban J connectivity index is 1.04. The minimum Gasteiger partial charge on any atom is -0.310 e. The molecule has 0 aromatic heterocycles. The smallest absolute Gasteiger partial charge is 0.0468 e. The zero-order chi connectivity index (χ0) is 55.6. The van der Waals surface area contributed by atoms with E-state index in [4.69, 9.17) is 0 Å². The van der Waals surface area contributed by atoms with Gasteiger partial charge in [0, 0.05) is 45.0 Å². The third-order valence-electron chi connectivity index (χ3n) is 18.3. The monoisotopic (exact) mass is 1050 g/mol. The van der Waals surface area contributed by atoms with Gasteiger partial charge in [-0.3, -0.25) is 0 Å². The summed E-state index contributed by atoms with van der Waals surface area (Å²) in [5.74, 6) is 0. The van der Waals surface area contributed by atoms with Crippen molar-refractivity contribution in [2.75, 3.05) is 9.80 Å². The van der Waals surface area contributed by atoms with E-state index in [0.29, 0.717) is 0 Å². The van der Waals surface area contributed by atoms with E-state index in [1.165, 1.54) is 115 Å². The maximum Gasteiger partial charge on any atom is 0.0468 e. The van der Waals surface area contributed by atoms with Crippen LogP contribution in [0.15, 0.2) is 261 Å². The van der Waals surface area contributed by atoms with Gasteiger partial charge in [0.15, 0.2) is 0 Å². The van der Waals surface area contributed by atoms with E-state index in [1.54, 1.807) is 0 Å². The number of hydrogen-bond donors (Lipinski definition) is 0. The minimum atomic E-state index is -0.249. The summed E-state index contributed by atoms with van der Waals surface area (Å²) in [6.07, 6.45) is 0. The van der Waals surface area contributed by atoms with Gasteiger partial charge in [0.05, 0.1) is 0 Å². The molecule has 0 radical (unpaired) electrons. The number of benzene rings is 13. The molecule has 0 amide bonds. The lowest BCUT2D eigenvalue weighted by atomic mass is 9.78. The summed E-state index contributed by atoms with van der Waals surface area (Å²) in [7, 11) is 0. The van der Waals surface area contributed by atoms with E-state index in [-0.39, 0.29) is 16.2 Å². The predicted octanol–water partition coefficient (Wildman–Crippen LogP) is 22.5. The molecule has 0 saturated heterocycles. The third-order valence-corrected chi connectivity index (χ3v) is 18.3. The molecule has 2 aliphatic rings. The first-order chi connectivity index (χ1) is 39.8. The summed E-state index contributed by atoms with van der Waals surface area (Å²) in [5, 5.41) is 10.0. The van der Waals surface area contributed by atoms with Crippen LogP contribution in [0.4, 0.5) is 34.1 Å².